The highest BCUT2D eigenvalue weighted by molar-refractivity contribution is 7.88. The van der Waals surface area contributed by atoms with Crippen LogP contribution in [0.25, 0.3) is 0 Å². The van der Waals surface area contributed by atoms with Crippen molar-refractivity contribution < 1.29 is 18.3 Å². The Morgan fingerprint density at radius 3 is 2.50 bits per heavy atom. The fraction of sp³-hybridized carbons (Fsp3) is 0.300. The predicted molar refractivity (Wildman–Crippen MR) is 59.5 cm³/mol. The Hall–Kier alpha value is -1.40. The lowest BCUT2D eigenvalue weighted by Crippen LogP contribution is -2.32. The molecule has 1 aromatic rings. The van der Waals surface area contributed by atoms with E-state index < -0.39 is 22.0 Å². The molecule has 0 fully saturated rings. The van der Waals surface area contributed by atoms with Crippen molar-refractivity contribution in [3.8, 4) is 0 Å². The zero-order valence-electron chi connectivity index (χ0n) is 8.97. The normalized spacial score (nSPS) is 13.4. The van der Waals surface area contributed by atoms with Crippen LogP contribution in [0.15, 0.2) is 24.3 Å². The first kappa shape index (κ1) is 12.7. The van der Waals surface area contributed by atoms with Gasteiger partial charge in [0.05, 0.1) is 6.26 Å². The van der Waals surface area contributed by atoms with Crippen molar-refractivity contribution in [2.75, 3.05) is 6.26 Å². The van der Waals surface area contributed by atoms with E-state index in [1.807, 2.05) is 13.0 Å². The predicted octanol–water partition coefficient (Wildman–Crippen LogP) is 0.670. The van der Waals surface area contributed by atoms with Crippen molar-refractivity contribution in [1.82, 2.24) is 4.72 Å². The molecular formula is C10H13NO4S. The van der Waals surface area contributed by atoms with Gasteiger partial charge in [0.1, 0.15) is 6.04 Å². The van der Waals surface area contributed by atoms with E-state index in [4.69, 9.17) is 5.11 Å². The summed E-state index contributed by atoms with van der Waals surface area (Å²) >= 11 is 0. The van der Waals surface area contributed by atoms with Gasteiger partial charge >= 0.3 is 5.97 Å². The molecule has 5 nitrogen and oxygen atoms in total. The van der Waals surface area contributed by atoms with Crippen LogP contribution in [0.1, 0.15) is 17.2 Å². The number of carboxylic acid groups (broad SMARTS) is 1. The van der Waals surface area contributed by atoms with Crippen molar-refractivity contribution in [3.05, 3.63) is 35.4 Å². The van der Waals surface area contributed by atoms with Crippen LogP contribution in [-0.2, 0) is 14.8 Å². The highest BCUT2D eigenvalue weighted by Crippen LogP contribution is 2.15. The zero-order chi connectivity index (χ0) is 12.3. The van der Waals surface area contributed by atoms with Crippen LogP contribution in [0.2, 0.25) is 0 Å². The maximum Gasteiger partial charge on any atom is 0.326 e. The molecule has 0 aliphatic rings. The molecule has 0 bridgehead atoms. The van der Waals surface area contributed by atoms with Gasteiger partial charge in [-0.2, -0.15) is 4.72 Å². The summed E-state index contributed by atoms with van der Waals surface area (Å²) in [5.41, 5.74) is 1.29. The van der Waals surface area contributed by atoms with Crippen LogP contribution >= 0.6 is 0 Å². The number of benzene rings is 1. The standard InChI is InChI=1S/C10H13NO4S/c1-7-4-3-5-8(6-7)9(10(12)13)11-16(2,14)15/h3-6,9,11H,1-2H3,(H,12,13). The molecular weight excluding hydrogens is 230 g/mol. The third kappa shape index (κ3) is 3.63. The molecule has 6 heteroatoms. The van der Waals surface area contributed by atoms with Gasteiger partial charge in [-0.1, -0.05) is 29.8 Å². The van der Waals surface area contributed by atoms with Crippen molar-refractivity contribution in [2.45, 2.75) is 13.0 Å². The summed E-state index contributed by atoms with van der Waals surface area (Å²) < 4.78 is 24.1. The molecule has 0 spiro atoms. The highest BCUT2D eigenvalue weighted by Gasteiger charge is 2.23. The van der Waals surface area contributed by atoms with E-state index in [1.165, 1.54) is 0 Å². The number of aliphatic carboxylic acids is 1. The lowest BCUT2D eigenvalue weighted by atomic mass is 10.1. The molecule has 0 aliphatic heterocycles. The summed E-state index contributed by atoms with van der Waals surface area (Å²) in [7, 11) is -3.56. The van der Waals surface area contributed by atoms with Gasteiger partial charge in [0.25, 0.3) is 0 Å². The van der Waals surface area contributed by atoms with Crippen molar-refractivity contribution in [1.29, 1.82) is 0 Å². The van der Waals surface area contributed by atoms with Crippen molar-refractivity contribution in [3.63, 3.8) is 0 Å². The second kappa shape index (κ2) is 4.63. The van der Waals surface area contributed by atoms with Gasteiger partial charge in [0.15, 0.2) is 0 Å². The Morgan fingerprint density at radius 2 is 2.06 bits per heavy atom. The Balaban J connectivity index is 3.08. The average Bonchev–Trinajstić information content (AvgIpc) is 2.12. The molecule has 1 atom stereocenters. The van der Waals surface area contributed by atoms with Crippen LogP contribution in [0.5, 0.6) is 0 Å². The number of hydrogen-bond donors (Lipinski definition) is 2. The summed E-state index contributed by atoms with van der Waals surface area (Å²) in [6.07, 6.45) is 0.929. The topological polar surface area (TPSA) is 83.5 Å². The molecule has 1 aromatic carbocycles. The molecule has 2 N–H and O–H groups in total. The molecule has 0 amide bonds. The molecule has 0 saturated carbocycles. The van der Waals surface area contributed by atoms with E-state index in [-0.39, 0.29) is 0 Å². The molecule has 0 radical (unpaired) electrons. The number of sulfonamides is 1. The Bertz CT molecular complexity index is 495. The van der Waals surface area contributed by atoms with Gasteiger partial charge in [-0.3, -0.25) is 4.79 Å². The third-order valence-electron chi connectivity index (χ3n) is 1.95. The minimum absolute atomic E-state index is 0.415. The van der Waals surface area contributed by atoms with Crippen LogP contribution in [0, 0.1) is 6.92 Å². The summed E-state index contributed by atoms with van der Waals surface area (Å²) in [5.74, 6) is -1.23. The Morgan fingerprint density at radius 1 is 1.44 bits per heavy atom. The van der Waals surface area contributed by atoms with E-state index in [0.717, 1.165) is 11.8 Å². The zero-order valence-corrected chi connectivity index (χ0v) is 9.78. The van der Waals surface area contributed by atoms with Gasteiger partial charge < -0.3 is 5.11 Å². The van der Waals surface area contributed by atoms with E-state index in [2.05, 4.69) is 4.72 Å². The van der Waals surface area contributed by atoms with Gasteiger partial charge in [-0.05, 0) is 12.5 Å². The van der Waals surface area contributed by atoms with Crippen LogP contribution in [0.3, 0.4) is 0 Å². The van der Waals surface area contributed by atoms with E-state index in [9.17, 15) is 13.2 Å². The van der Waals surface area contributed by atoms with E-state index in [1.54, 1.807) is 18.2 Å². The molecule has 1 unspecified atom stereocenters. The number of rotatable bonds is 4. The van der Waals surface area contributed by atoms with Crippen molar-refractivity contribution in [2.24, 2.45) is 0 Å². The molecule has 0 heterocycles. The smallest absolute Gasteiger partial charge is 0.326 e. The monoisotopic (exact) mass is 243 g/mol. The van der Waals surface area contributed by atoms with Crippen LogP contribution in [0.4, 0.5) is 0 Å². The summed E-state index contributed by atoms with van der Waals surface area (Å²) in [6.45, 7) is 1.81. The minimum Gasteiger partial charge on any atom is -0.480 e. The van der Waals surface area contributed by atoms with Gasteiger partial charge in [-0.25, -0.2) is 8.42 Å². The summed E-state index contributed by atoms with van der Waals surface area (Å²) in [6, 6.07) is 5.46. The molecule has 0 saturated heterocycles. The molecule has 0 aromatic heterocycles. The molecule has 88 valence electrons. The first-order valence-electron chi connectivity index (χ1n) is 4.56. The second-order valence-corrected chi connectivity index (χ2v) is 5.36. The lowest BCUT2D eigenvalue weighted by molar-refractivity contribution is -0.139. The first-order chi connectivity index (χ1) is 7.29. The number of carboxylic acids is 1. The fourth-order valence-corrected chi connectivity index (χ4v) is 1.99. The number of carbonyl (C=O) groups is 1. The fourth-order valence-electron chi connectivity index (χ4n) is 1.32. The number of hydrogen-bond acceptors (Lipinski definition) is 3. The van der Waals surface area contributed by atoms with Crippen molar-refractivity contribution >= 4 is 16.0 Å². The number of aryl methyl sites for hydroxylation is 1. The lowest BCUT2D eigenvalue weighted by Gasteiger charge is -2.13. The Labute approximate surface area is 94.2 Å². The number of nitrogens with one attached hydrogen (secondary N) is 1. The summed E-state index contributed by atoms with van der Waals surface area (Å²) in [5, 5.41) is 8.95. The second-order valence-electron chi connectivity index (χ2n) is 3.58. The van der Waals surface area contributed by atoms with Gasteiger partial charge in [-0.15, -0.1) is 0 Å². The van der Waals surface area contributed by atoms with E-state index >= 15 is 0 Å². The highest BCUT2D eigenvalue weighted by atomic mass is 32.2. The maximum absolute atomic E-state index is 11.0. The van der Waals surface area contributed by atoms with E-state index in [0.29, 0.717) is 5.56 Å². The van der Waals surface area contributed by atoms with Gasteiger partial charge in [0, 0.05) is 0 Å². The maximum atomic E-state index is 11.0. The van der Waals surface area contributed by atoms with Gasteiger partial charge in [0.2, 0.25) is 10.0 Å². The largest absolute Gasteiger partial charge is 0.480 e. The molecule has 16 heavy (non-hydrogen) atoms. The van der Waals surface area contributed by atoms with Crippen LogP contribution in [-0.4, -0.2) is 25.7 Å². The molecule has 0 aliphatic carbocycles. The third-order valence-corrected chi connectivity index (χ3v) is 2.62. The quantitative estimate of drug-likeness (QED) is 0.814. The van der Waals surface area contributed by atoms with Crippen LogP contribution < -0.4 is 4.72 Å². The minimum atomic E-state index is -3.56. The SMILES string of the molecule is Cc1cccc(C(NS(C)(=O)=O)C(=O)O)c1. The summed E-state index contributed by atoms with van der Waals surface area (Å²) in [4.78, 5) is 11.0. The Kier molecular flexibility index (Phi) is 3.66. The average molecular weight is 243 g/mol. The molecule has 1 rings (SSSR count). The first-order valence-corrected chi connectivity index (χ1v) is 6.45.